The number of carbonyl (C=O) groups excluding carboxylic acids is 1. The van der Waals surface area contributed by atoms with Gasteiger partial charge in [0.25, 0.3) is 0 Å². The number of hydrogen-bond acceptors (Lipinski definition) is 8. The van der Waals surface area contributed by atoms with Gasteiger partial charge in [-0.05, 0) is 166 Å². The molecule has 2 heterocycles. The molecule has 338 valence electrons. The molecule has 0 amide bonds. The van der Waals surface area contributed by atoms with E-state index in [-0.39, 0.29) is 45.7 Å². The van der Waals surface area contributed by atoms with Crippen LogP contribution < -0.4 is 10.1 Å². The first kappa shape index (κ1) is 45.0. The van der Waals surface area contributed by atoms with Gasteiger partial charge in [-0.2, -0.15) is 9.37 Å². The average molecular weight is 862 g/mol. The van der Waals surface area contributed by atoms with Crippen molar-refractivity contribution in [3.63, 3.8) is 0 Å². The highest BCUT2D eigenvalue weighted by Crippen LogP contribution is 2.76. The van der Waals surface area contributed by atoms with Crippen LogP contribution in [0.25, 0.3) is 0 Å². The molecule has 1 N–H and O–H groups in total. The molecule has 61 heavy (non-hydrogen) atoms. The maximum atomic E-state index is 13.7. The molecule has 7 aliphatic rings. The third kappa shape index (κ3) is 7.70. The number of rotatable bonds is 12. The number of esters is 1. The summed E-state index contributed by atoms with van der Waals surface area (Å²) in [5, 5.41) is 4.23. The Kier molecular flexibility index (Phi) is 12.1. The summed E-state index contributed by atoms with van der Waals surface area (Å²) >= 11 is 0. The molecule has 1 aromatic heterocycles. The van der Waals surface area contributed by atoms with Gasteiger partial charge in [-0.25, -0.2) is 8.42 Å². The highest BCUT2D eigenvalue weighted by atomic mass is 32.2. The summed E-state index contributed by atoms with van der Waals surface area (Å²) in [7, 11) is -2.88. The van der Waals surface area contributed by atoms with Crippen LogP contribution in [-0.4, -0.2) is 80.7 Å². The maximum absolute atomic E-state index is 13.7. The highest BCUT2D eigenvalue weighted by molar-refractivity contribution is 7.91. The highest BCUT2D eigenvalue weighted by Gasteiger charge is 2.70. The fourth-order valence-corrected chi connectivity index (χ4v) is 17.1. The largest absolute Gasteiger partial charge is 0.478 e. The van der Waals surface area contributed by atoms with E-state index in [2.05, 4.69) is 75.5 Å². The Morgan fingerprint density at radius 1 is 0.951 bits per heavy atom. The minimum atomic E-state index is -2.88. The van der Waals surface area contributed by atoms with Gasteiger partial charge in [0.2, 0.25) is 11.8 Å². The number of aromatic nitrogens is 1. The normalized spacial score (nSPS) is 40.3. The molecule has 8 rings (SSSR count). The van der Waals surface area contributed by atoms with Gasteiger partial charge >= 0.3 is 5.97 Å². The molecule has 10 atom stereocenters. The number of nitrogens with one attached hydrogen (secondary N) is 1. The number of sulfone groups is 1. The maximum Gasteiger partial charge on any atom is 0.312 e. The van der Waals surface area contributed by atoms with Gasteiger partial charge in [-0.15, -0.1) is 0 Å². The van der Waals surface area contributed by atoms with Crippen molar-refractivity contribution in [3.05, 3.63) is 59.6 Å². The minimum absolute atomic E-state index is 0.00862. The molecular formula is C51H76FN3O5S. The van der Waals surface area contributed by atoms with Crippen LogP contribution in [0.2, 0.25) is 0 Å². The first-order valence-electron chi connectivity index (χ1n) is 24.0. The fourth-order valence-electron chi connectivity index (χ4n) is 15.8. The standard InChI is InChI=1S/C51H76FN3O5S/c1-9-59-45(56)50(27-32-60-43-12-10-11-42(52)54-43)22-15-36(16-23-50)38-18-20-47(6)40(46(38,4)5)19-21-49(8)41(47)14-13-39-44-37(35(2)3)17-24-51(44,26-25-48(39,49)7)53-28-29-55-30-33-61(57,58)34-31-55/h10-12,15,18,37,39-41,44,53H,2,9,13-14,16-17,19-34H2,1,3-8H3/t37-,39+,40-,41+,44+,47-,48+,49+,50+,51-/m0/s1. The van der Waals surface area contributed by atoms with Crippen molar-refractivity contribution in [3.8, 4) is 5.88 Å². The Balaban J connectivity index is 0.998. The molecular weight excluding hydrogens is 786 g/mol. The second-order valence-electron chi connectivity index (χ2n) is 22.1. The van der Waals surface area contributed by atoms with Crippen LogP contribution in [0.4, 0.5) is 4.39 Å². The Bertz CT molecular complexity index is 2020. The molecule has 0 spiro atoms. The number of nitrogens with zero attached hydrogens (tertiary/aromatic N) is 2. The van der Waals surface area contributed by atoms with E-state index in [1.807, 2.05) is 6.92 Å². The number of allylic oxidation sites excluding steroid dienone is 5. The van der Waals surface area contributed by atoms with E-state index in [1.165, 1.54) is 74.2 Å². The molecule has 0 unspecified atom stereocenters. The fraction of sp³-hybridized carbons (Fsp3) is 0.765. The molecule has 1 saturated heterocycles. The smallest absolute Gasteiger partial charge is 0.312 e. The molecule has 8 nitrogen and oxygen atoms in total. The first-order valence-corrected chi connectivity index (χ1v) is 25.8. The number of carbonyl (C=O) groups is 1. The lowest BCUT2D eigenvalue weighted by molar-refractivity contribution is -0.221. The summed E-state index contributed by atoms with van der Waals surface area (Å²) in [5.41, 5.74) is 4.44. The van der Waals surface area contributed by atoms with E-state index in [1.54, 1.807) is 12.1 Å². The molecule has 0 aromatic carbocycles. The van der Waals surface area contributed by atoms with Crippen molar-refractivity contribution in [1.82, 2.24) is 15.2 Å². The topological polar surface area (TPSA) is 97.8 Å². The number of hydrogen-bond donors (Lipinski definition) is 1. The second-order valence-corrected chi connectivity index (χ2v) is 24.4. The van der Waals surface area contributed by atoms with E-state index >= 15 is 0 Å². The summed E-state index contributed by atoms with van der Waals surface area (Å²) in [6.07, 6.45) is 18.7. The van der Waals surface area contributed by atoms with Crippen LogP contribution in [0.5, 0.6) is 5.88 Å². The van der Waals surface area contributed by atoms with Crippen LogP contribution in [0.1, 0.15) is 132 Å². The van der Waals surface area contributed by atoms with Gasteiger partial charge in [0.05, 0.1) is 30.1 Å². The average Bonchev–Trinajstić information content (AvgIpc) is 3.59. The van der Waals surface area contributed by atoms with E-state index in [0.29, 0.717) is 80.1 Å². The van der Waals surface area contributed by atoms with Crippen LogP contribution in [0.3, 0.4) is 0 Å². The van der Waals surface area contributed by atoms with Gasteiger partial charge in [0, 0.05) is 37.8 Å². The number of ether oxygens (including phenoxy) is 2. The molecule has 1 aliphatic heterocycles. The van der Waals surface area contributed by atoms with Crippen molar-refractivity contribution in [1.29, 1.82) is 0 Å². The molecule has 5 fully saturated rings. The zero-order valence-corrected chi connectivity index (χ0v) is 39.4. The van der Waals surface area contributed by atoms with Gasteiger partial charge in [-0.3, -0.25) is 4.79 Å². The molecule has 0 radical (unpaired) electrons. The lowest BCUT2D eigenvalue weighted by Crippen LogP contribution is -2.68. The van der Waals surface area contributed by atoms with Gasteiger partial charge in [0.15, 0.2) is 9.84 Å². The third-order valence-corrected chi connectivity index (χ3v) is 20.8. The van der Waals surface area contributed by atoms with Gasteiger partial charge in [-0.1, -0.05) is 65.0 Å². The van der Waals surface area contributed by atoms with E-state index in [0.717, 1.165) is 25.9 Å². The predicted octanol–water partition coefficient (Wildman–Crippen LogP) is 9.92. The summed E-state index contributed by atoms with van der Waals surface area (Å²) in [6, 6.07) is 4.54. The Labute approximate surface area is 367 Å². The SMILES string of the molecule is C=C(C)[C@@H]1CC[C@]2(NCCN3CCS(=O)(=O)CC3)CC[C@]3(C)[C@H](CC[C@@H]4[C@@]5(C)CC=C(C6=CC[C@@](CCOc7cccc(F)n7)(C(=O)OCC)CC6)C(C)(C)[C@@H]5CC[C@]43C)[C@@H]12. The first-order chi connectivity index (χ1) is 28.8. The van der Waals surface area contributed by atoms with Crippen molar-refractivity contribution in [2.75, 3.05) is 50.9 Å². The van der Waals surface area contributed by atoms with Gasteiger partial charge < -0.3 is 19.7 Å². The third-order valence-electron chi connectivity index (χ3n) is 19.2. The van der Waals surface area contributed by atoms with Gasteiger partial charge in [0.1, 0.15) is 0 Å². The predicted molar refractivity (Wildman–Crippen MR) is 241 cm³/mol. The van der Waals surface area contributed by atoms with E-state index in [9.17, 15) is 17.6 Å². The number of halogens is 1. The zero-order valence-electron chi connectivity index (χ0n) is 38.6. The van der Waals surface area contributed by atoms with Crippen LogP contribution >= 0.6 is 0 Å². The number of pyridine rings is 1. The molecule has 10 heteroatoms. The van der Waals surface area contributed by atoms with Crippen molar-refractivity contribution >= 4 is 15.8 Å². The second kappa shape index (κ2) is 16.5. The van der Waals surface area contributed by atoms with E-state index < -0.39 is 21.2 Å². The molecule has 0 bridgehead atoms. The molecule has 1 aromatic rings. The Morgan fingerprint density at radius 2 is 1.72 bits per heavy atom. The monoisotopic (exact) mass is 862 g/mol. The molecule has 6 aliphatic carbocycles. The lowest BCUT2D eigenvalue weighted by atomic mass is 9.33. The summed E-state index contributed by atoms with van der Waals surface area (Å²) in [5.74, 6) is 3.10. The quantitative estimate of drug-likeness (QED) is 0.126. The minimum Gasteiger partial charge on any atom is -0.478 e. The van der Waals surface area contributed by atoms with Crippen molar-refractivity contribution in [2.45, 2.75) is 137 Å². The Hall–Kier alpha value is -2.56. The summed E-state index contributed by atoms with van der Waals surface area (Å²) in [6.45, 7) is 25.7. The van der Waals surface area contributed by atoms with Crippen LogP contribution in [0, 0.1) is 62.6 Å². The van der Waals surface area contributed by atoms with Crippen molar-refractivity contribution in [2.24, 2.45) is 56.7 Å². The summed E-state index contributed by atoms with van der Waals surface area (Å²) < 4.78 is 49.5. The van der Waals surface area contributed by atoms with Crippen molar-refractivity contribution < 1.29 is 27.1 Å². The molecule has 4 saturated carbocycles. The Morgan fingerprint density at radius 3 is 2.41 bits per heavy atom. The van der Waals surface area contributed by atoms with Crippen LogP contribution in [0.15, 0.2) is 53.6 Å². The zero-order chi connectivity index (χ0) is 43.6. The number of fused-ring (bicyclic) bond motifs is 7. The summed E-state index contributed by atoms with van der Waals surface area (Å²) in [4.78, 5) is 19.8. The lowest BCUT2D eigenvalue weighted by Gasteiger charge is -2.72. The van der Waals surface area contributed by atoms with Crippen LogP contribution in [-0.2, 0) is 19.4 Å². The van der Waals surface area contributed by atoms with E-state index in [4.69, 9.17) is 9.47 Å².